The third kappa shape index (κ3) is 3.47. The van der Waals surface area contributed by atoms with Crippen molar-refractivity contribution in [1.82, 2.24) is 0 Å². The summed E-state index contributed by atoms with van der Waals surface area (Å²) in [6, 6.07) is 5.26. The van der Waals surface area contributed by atoms with Crippen LogP contribution in [0.15, 0.2) is 18.2 Å². The maximum absolute atomic E-state index is 13.0. The molecule has 6 heteroatoms. The van der Waals surface area contributed by atoms with Gasteiger partial charge in [0.15, 0.2) is 6.10 Å². The quantitative estimate of drug-likeness (QED) is 0.764. The zero-order valence-corrected chi connectivity index (χ0v) is 16.5. The van der Waals surface area contributed by atoms with Gasteiger partial charge in [-0.1, -0.05) is 17.7 Å². The summed E-state index contributed by atoms with van der Waals surface area (Å²) in [5, 5.41) is 14.1. The van der Waals surface area contributed by atoms with Crippen LogP contribution in [0.2, 0.25) is 5.02 Å². The summed E-state index contributed by atoms with van der Waals surface area (Å²) < 4.78 is 5.59. The molecule has 1 aromatic carbocycles. The van der Waals surface area contributed by atoms with Crippen molar-refractivity contribution in [2.75, 3.05) is 5.32 Å². The Morgan fingerprint density at radius 3 is 2.56 bits per heavy atom. The number of aliphatic hydroxyl groups is 1. The van der Waals surface area contributed by atoms with Crippen molar-refractivity contribution in [3.63, 3.8) is 0 Å². The Bertz CT molecular complexity index is 778. The van der Waals surface area contributed by atoms with Crippen molar-refractivity contribution in [3.05, 3.63) is 28.8 Å². The topological polar surface area (TPSA) is 75.6 Å². The molecule has 0 spiro atoms. The summed E-state index contributed by atoms with van der Waals surface area (Å²) >= 11 is 5.99. The van der Waals surface area contributed by atoms with Crippen molar-refractivity contribution >= 4 is 29.2 Å². The molecule has 27 heavy (non-hydrogen) atoms. The monoisotopic (exact) mass is 391 g/mol. The van der Waals surface area contributed by atoms with Crippen LogP contribution in [0.25, 0.3) is 0 Å². The van der Waals surface area contributed by atoms with E-state index in [1.807, 2.05) is 13.0 Å². The van der Waals surface area contributed by atoms with E-state index in [-0.39, 0.29) is 11.9 Å². The van der Waals surface area contributed by atoms with Gasteiger partial charge in [-0.2, -0.15) is 0 Å². The Balaban J connectivity index is 1.43. The van der Waals surface area contributed by atoms with Crippen LogP contribution in [0, 0.1) is 24.2 Å². The van der Waals surface area contributed by atoms with Gasteiger partial charge in [0.05, 0.1) is 11.0 Å². The Morgan fingerprint density at radius 2 is 1.93 bits per heavy atom. The van der Waals surface area contributed by atoms with Crippen LogP contribution in [0.5, 0.6) is 0 Å². The zero-order chi connectivity index (χ0) is 19.4. The van der Waals surface area contributed by atoms with E-state index in [1.165, 1.54) is 0 Å². The Labute approximate surface area is 164 Å². The lowest BCUT2D eigenvalue weighted by Crippen LogP contribution is -2.59. The molecule has 1 amide bonds. The second-order valence-corrected chi connectivity index (χ2v) is 9.40. The third-order valence-electron chi connectivity index (χ3n) is 6.57. The molecule has 4 aliphatic carbocycles. The molecule has 4 aliphatic rings. The Hall–Kier alpha value is -1.59. The fraction of sp³-hybridized carbons (Fsp3) is 0.619. The van der Waals surface area contributed by atoms with Gasteiger partial charge in [0.1, 0.15) is 0 Å². The van der Waals surface area contributed by atoms with Gasteiger partial charge >= 0.3 is 5.97 Å². The van der Waals surface area contributed by atoms with Crippen molar-refractivity contribution in [2.24, 2.45) is 17.3 Å². The first kappa shape index (κ1) is 18.8. The van der Waals surface area contributed by atoms with Crippen LogP contribution in [0.1, 0.15) is 51.0 Å². The van der Waals surface area contributed by atoms with E-state index >= 15 is 0 Å². The van der Waals surface area contributed by atoms with Crippen LogP contribution in [-0.4, -0.2) is 28.7 Å². The maximum atomic E-state index is 13.0. The van der Waals surface area contributed by atoms with Crippen LogP contribution in [0.3, 0.4) is 0 Å². The lowest BCUT2D eigenvalue weighted by Gasteiger charge is -2.58. The summed E-state index contributed by atoms with van der Waals surface area (Å²) in [7, 11) is 0. The van der Waals surface area contributed by atoms with Gasteiger partial charge in [-0.15, -0.1) is 0 Å². The second kappa shape index (κ2) is 6.49. The molecule has 2 N–H and O–H groups in total. The number of ether oxygens (including phenoxy) is 1. The first-order valence-corrected chi connectivity index (χ1v) is 10.1. The normalized spacial score (nSPS) is 35.0. The number of esters is 1. The van der Waals surface area contributed by atoms with Gasteiger partial charge < -0.3 is 15.2 Å². The number of hydrogen-bond donors (Lipinski definition) is 2. The lowest BCUT2D eigenvalue weighted by molar-refractivity contribution is -0.199. The lowest BCUT2D eigenvalue weighted by atomic mass is 9.48. The third-order valence-corrected chi connectivity index (χ3v) is 6.81. The minimum atomic E-state index is -0.904. The van der Waals surface area contributed by atoms with Crippen LogP contribution < -0.4 is 5.32 Å². The van der Waals surface area contributed by atoms with Crippen molar-refractivity contribution < 1.29 is 19.4 Å². The molecule has 4 saturated carbocycles. The van der Waals surface area contributed by atoms with Gasteiger partial charge in [-0.3, -0.25) is 9.59 Å². The number of anilines is 1. The predicted molar refractivity (Wildman–Crippen MR) is 102 cm³/mol. The maximum Gasteiger partial charge on any atom is 0.312 e. The molecule has 4 fully saturated rings. The molecule has 4 bridgehead atoms. The molecule has 1 aromatic rings. The summed E-state index contributed by atoms with van der Waals surface area (Å²) in [6.45, 7) is 3.46. The number of rotatable bonds is 4. The number of benzene rings is 1. The molecular formula is C21H26ClNO4. The molecule has 0 aromatic heterocycles. The van der Waals surface area contributed by atoms with Crippen molar-refractivity contribution in [3.8, 4) is 0 Å². The summed E-state index contributed by atoms with van der Waals surface area (Å²) in [4.78, 5) is 25.5. The summed E-state index contributed by atoms with van der Waals surface area (Å²) in [5.74, 6) is 0.0710. The van der Waals surface area contributed by atoms with Gasteiger partial charge in [-0.05, 0) is 81.9 Å². The van der Waals surface area contributed by atoms with E-state index in [2.05, 4.69) is 5.32 Å². The average molecular weight is 392 g/mol. The van der Waals surface area contributed by atoms with E-state index in [4.69, 9.17) is 16.3 Å². The number of halogens is 1. The minimum Gasteiger partial charge on any atom is -0.452 e. The molecule has 0 radical (unpaired) electrons. The standard InChI is InChI=1S/C21H26ClNO4/c1-12-3-4-16(22)6-17(12)23-18(24)13(2)27-19(25)20-7-14-5-15(8-20)10-21(26,9-14)11-20/h3-4,6,13-15,26H,5,7-11H2,1-2H3,(H,23,24)/t13-,14-,15+,20?,21?/m0/s1. The summed E-state index contributed by atoms with van der Waals surface area (Å²) in [6.07, 6.45) is 3.79. The van der Waals surface area contributed by atoms with E-state index in [0.29, 0.717) is 29.0 Å². The minimum absolute atomic E-state index is 0.333. The highest BCUT2D eigenvalue weighted by Crippen LogP contribution is 2.62. The van der Waals surface area contributed by atoms with Crippen molar-refractivity contribution in [1.29, 1.82) is 0 Å². The van der Waals surface area contributed by atoms with Gasteiger partial charge in [0, 0.05) is 10.7 Å². The van der Waals surface area contributed by atoms with E-state index < -0.39 is 17.1 Å². The van der Waals surface area contributed by atoms with Crippen LogP contribution >= 0.6 is 11.6 Å². The number of amides is 1. The largest absolute Gasteiger partial charge is 0.452 e. The van der Waals surface area contributed by atoms with Crippen LogP contribution in [-0.2, 0) is 14.3 Å². The molecule has 5 atom stereocenters. The SMILES string of the molecule is Cc1ccc(Cl)cc1NC(=O)[C@H](C)OC(=O)C12C[C@@H]3C[C@@H](CC(O)(C3)C1)C2. The molecule has 2 unspecified atom stereocenters. The van der Waals surface area contributed by atoms with E-state index in [0.717, 1.165) is 37.7 Å². The molecule has 5 rings (SSSR count). The molecule has 0 heterocycles. The first-order chi connectivity index (χ1) is 12.7. The molecule has 0 aliphatic heterocycles. The smallest absolute Gasteiger partial charge is 0.312 e. The highest BCUT2D eigenvalue weighted by Gasteiger charge is 2.61. The highest BCUT2D eigenvalue weighted by molar-refractivity contribution is 6.31. The fourth-order valence-corrected chi connectivity index (χ4v) is 5.93. The number of carbonyl (C=O) groups excluding carboxylic acids is 2. The van der Waals surface area contributed by atoms with Gasteiger partial charge in [0.25, 0.3) is 5.91 Å². The number of aryl methyl sites for hydroxylation is 1. The van der Waals surface area contributed by atoms with E-state index in [9.17, 15) is 14.7 Å². The predicted octanol–water partition coefficient (Wildman–Crippen LogP) is 3.85. The van der Waals surface area contributed by atoms with E-state index in [1.54, 1.807) is 19.1 Å². The van der Waals surface area contributed by atoms with Crippen LogP contribution in [0.4, 0.5) is 5.69 Å². The zero-order valence-electron chi connectivity index (χ0n) is 15.8. The first-order valence-electron chi connectivity index (χ1n) is 9.69. The molecule has 146 valence electrons. The molecule has 0 saturated heterocycles. The number of carbonyl (C=O) groups is 2. The Morgan fingerprint density at radius 1 is 1.26 bits per heavy atom. The van der Waals surface area contributed by atoms with Gasteiger partial charge in [-0.25, -0.2) is 0 Å². The molecular weight excluding hydrogens is 366 g/mol. The number of hydrogen-bond acceptors (Lipinski definition) is 4. The summed E-state index contributed by atoms with van der Waals surface area (Å²) in [5.41, 5.74) is 0.139. The Kier molecular flexibility index (Phi) is 4.51. The second-order valence-electron chi connectivity index (χ2n) is 8.96. The number of nitrogens with one attached hydrogen (secondary N) is 1. The molecule has 5 nitrogen and oxygen atoms in total. The van der Waals surface area contributed by atoms with Crippen molar-refractivity contribution in [2.45, 2.75) is 64.1 Å². The average Bonchev–Trinajstić information content (AvgIpc) is 2.55. The van der Waals surface area contributed by atoms with Gasteiger partial charge in [0.2, 0.25) is 0 Å². The highest BCUT2D eigenvalue weighted by atomic mass is 35.5. The fourth-order valence-electron chi connectivity index (χ4n) is 5.76.